The molecular weight excluding hydrogens is 466 g/mol. The molecule has 0 spiro atoms. The summed E-state index contributed by atoms with van der Waals surface area (Å²) in [7, 11) is 0. The lowest BCUT2D eigenvalue weighted by atomic mass is 9.89. The standard InChI is InChI=1S/C17H6F10N4O/c18-14(19,16(23,24)17(25,26)27)10-3-6(1-2-9(10)15(20,21)22)11-7(4-28)12(30)31-13(32)8(11)5-29/h1-3H,(H3,30,31,32). The highest BCUT2D eigenvalue weighted by molar-refractivity contribution is 5.80. The van der Waals surface area contributed by atoms with E-state index >= 15 is 0 Å². The predicted molar refractivity (Wildman–Crippen MR) is 86.2 cm³/mol. The van der Waals surface area contributed by atoms with Crippen LogP contribution in [0.25, 0.3) is 11.1 Å². The van der Waals surface area contributed by atoms with E-state index in [1.807, 2.05) is 4.98 Å². The first kappa shape index (κ1) is 24.5. The fourth-order valence-corrected chi connectivity index (χ4v) is 2.69. The summed E-state index contributed by atoms with van der Waals surface area (Å²) in [4.78, 5) is 13.7. The number of halogens is 10. The van der Waals surface area contributed by atoms with Crippen LogP contribution in [-0.2, 0) is 12.1 Å². The van der Waals surface area contributed by atoms with Crippen molar-refractivity contribution in [1.82, 2.24) is 4.98 Å². The number of nitrogens with zero attached hydrogens (tertiary/aromatic N) is 2. The van der Waals surface area contributed by atoms with Crippen molar-refractivity contribution in [3.05, 3.63) is 50.8 Å². The van der Waals surface area contributed by atoms with E-state index < -0.39 is 75.0 Å². The minimum Gasteiger partial charge on any atom is -0.384 e. The maximum atomic E-state index is 14.2. The zero-order chi connectivity index (χ0) is 24.9. The van der Waals surface area contributed by atoms with Gasteiger partial charge in [0.1, 0.15) is 29.1 Å². The van der Waals surface area contributed by atoms with Crippen LogP contribution >= 0.6 is 0 Å². The van der Waals surface area contributed by atoms with Crippen molar-refractivity contribution >= 4 is 5.82 Å². The quantitative estimate of drug-likeness (QED) is 0.633. The van der Waals surface area contributed by atoms with E-state index in [0.717, 1.165) is 0 Å². The van der Waals surface area contributed by atoms with E-state index in [-0.39, 0.29) is 6.07 Å². The smallest absolute Gasteiger partial charge is 0.384 e. The first-order valence-corrected chi connectivity index (χ1v) is 7.82. The number of rotatable bonds is 3. The molecule has 0 amide bonds. The number of aromatic amines is 1. The van der Waals surface area contributed by atoms with Crippen molar-refractivity contribution in [3.8, 4) is 23.3 Å². The van der Waals surface area contributed by atoms with Crippen LogP contribution in [0, 0.1) is 22.7 Å². The number of pyridine rings is 1. The summed E-state index contributed by atoms with van der Waals surface area (Å²) in [6, 6.07) is 2.23. The van der Waals surface area contributed by atoms with Crippen molar-refractivity contribution in [3.63, 3.8) is 0 Å². The number of nitrogens with one attached hydrogen (secondary N) is 1. The first-order valence-electron chi connectivity index (χ1n) is 7.82. The Bertz CT molecular complexity index is 1210. The number of anilines is 1. The molecule has 1 aromatic heterocycles. The van der Waals surface area contributed by atoms with E-state index in [0.29, 0.717) is 6.07 Å². The van der Waals surface area contributed by atoms with Gasteiger partial charge in [-0.1, -0.05) is 6.07 Å². The number of hydrogen-bond acceptors (Lipinski definition) is 4. The lowest BCUT2D eigenvalue weighted by molar-refractivity contribution is -0.360. The fraction of sp³-hybridized carbons (Fsp3) is 0.235. The maximum absolute atomic E-state index is 14.2. The Morgan fingerprint density at radius 1 is 0.844 bits per heavy atom. The first-order chi connectivity index (χ1) is 14.4. The Hall–Kier alpha value is -3.75. The molecule has 2 rings (SSSR count). The topological polar surface area (TPSA) is 106 Å². The van der Waals surface area contributed by atoms with Crippen molar-refractivity contribution in [2.45, 2.75) is 24.2 Å². The van der Waals surface area contributed by atoms with Crippen LogP contribution in [0.1, 0.15) is 22.3 Å². The number of H-pyrrole nitrogens is 1. The molecule has 0 aliphatic rings. The van der Waals surface area contributed by atoms with Gasteiger partial charge in [0.25, 0.3) is 5.56 Å². The molecule has 0 aliphatic carbocycles. The highest BCUT2D eigenvalue weighted by Gasteiger charge is 2.74. The van der Waals surface area contributed by atoms with E-state index in [1.165, 1.54) is 12.1 Å². The zero-order valence-electron chi connectivity index (χ0n) is 14.9. The molecule has 32 heavy (non-hydrogen) atoms. The van der Waals surface area contributed by atoms with Gasteiger partial charge in [-0.15, -0.1) is 0 Å². The molecule has 0 radical (unpaired) electrons. The van der Waals surface area contributed by atoms with E-state index in [4.69, 9.17) is 16.3 Å². The van der Waals surface area contributed by atoms with Gasteiger partial charge in [0.05, 0.1) is 5.56 Å². The summed E-state index contributed by atoms with van der Waals surface area (Å²) in [6.45, 7) is 0. The number of alkyl halides is 10. The van der Waals surface area contributed by atoms with Crippen LogP contribution in [-0.4, -0.2) is 17.1 Å². The number of nitriles is 2. The SMILES string of the molecule is N#Cc1c(N)[nH]c(=O)c(C#N)c1-c1ccc(C(F)(F)F)c(C(F)(F)C(F)(F)C(F)(F)F)c1. The normalized spacial score (nSPS) is 12.9. The Labute approximate surface area is 170 Å². The van der Waals surface area contributed by atoms with E-state index in [9.17, 15) is 48.7 Å². The Morgan fingerprint density at radius 2 is 1.38 bits per heavy atom. The molecule has 0 unspecified atom stereocenters. The molecule has 0 bridgehead atoms. The minimum absolute atomic E-state index is 0.245. The fourth-order valence-electron chi connectivity index (χ4n) is 2.69. The molecule has 0 saturated heterocycles. The summed E-state index contributed by atoms with van der Waals surface area (Å²) < 4.78 is 133. The summed E-state index contributed by atoms with van der Waals surface area (Å²) in [5.41, 5.74) is -5.12. The second kappa shape index (κ2) is 7.44. The highest BCUT2D eigenvalue weighted by Crippen LogP contribution is 2.54. The molecule has 0 atom stereocenters. The van der Waals surface area contributed by atoms with Crippen molar-refractivity contribution in [2.24, 2.45) is 0 Å². The van der Waals surface area contributed by atoms with Crippen LogP contribution in [0.2, 0.25) is 0 Å². The van der Waals surface area contributed by atoms with Crippen LogP contribution in [0.4, 0.5) is 49.7 Å². The summed E-state index contributed by atoms with van der Waals surface area (Å²) in [5, 5.41) is 18.3. The second-order valence-corrected chi connectivity index (χ2v) is 6.12. The van der Waals surface area contributed by atoms with Crippen LogP contribution in [0.15, 0.2) is 23.0 Å². The third kappa shape index (κ3) is 3.70. The zero-order valence-corrected chi connectivity index (χ0v) is 14.9. The number of benzene rings is 1. The minimum atomic E-state index is -6.95. The van der Waals surface area contributed by atoms with Gasteiger partial charge in [0, 0.05) is 11.1 Å². The van der Waals surface area contributed by atoms with Gasteiger partial charge in [-0.3, -0.25) is 4.79 Å². The average molecular weight is 472 g/mol. The molecule has 5 nitrogen and oxygen atoms in total. The Balaban J connectivity index is 3.04. The molecule has 0 fully saturated rings. The molecule has 15 heteroatoms. The third-order valence-electron chi connectivity index (χ3n) is 4.17. The molecule has 1 heterocycles. The third-order valence-corrected chi connectivity index (χ3v) is 4.17. The van der Waals surface area contributed by atoms with Gasteiger partial charge in [-0.05, 0) is 17.7 Å². The molecule has 0 aliphatic heterocycles. The average Bonchev–Trinajstić information content (AvgIpc) is 2.65. The van der Waals surface area contributed by atoms with E-state index in [1.54, 1.807) is 0 Å². The summed E-state index contributed by atoms with van der Waals surface area (Å²) in [5.74, 6) is -14.2. The van der Waals surface area contributed by atoms with Gasteiger partial charge in [0.2, 0.25) is 0 Å². The molecule has 2 aromatic rings. The summed E-state index contributed by atoms with van der Waals surface area (Å²) >= 11 is 0. The molecular formula is C17H6F10N4O. The number of nitrogen functional groups attached to an aromatic ring is 1. The van der Waals surface area contributed by atoms with Gasteiger partial charge in [-0.25, -0.2) is 0 Å². The largest absolute Gasteiger partial charge is 0.460 e. The number of hydrogen-bond donors (Lipinski definition) is 2. The lowest BCUT2D eigenvalue weighted by Gasteiger charge is -2.30. The Morgan fingerprint density at radius 3 is 1.81 bits per heavy atom. The van der Waals surface area contributed by atoms with E-state index in [2.05, 4.69) is 0 Å². The molecule has 170 valence electrons. The van der Waals surface area contributed by atoms with Gasteiger partial charge in [0.15, 0.2) is 0 Å². The van der Waals surface area contributed by atoms with Crippen molar-refractivity contribution < 1.29 is 43.9 Å². The number of aromatic nitrogens is 1. The Kier molecular flexibility index (Phi) is 5.70. The monoisotopic (exact) mass is 472 g/mol. The predicted octanol–water partition coefficient (Wildman–Crippen LogP) is 4.68. The van der Waals surface area contributed by atoms with Gasteiger partial charge < -0.3 is 10.7 Å². The molecule has 0 saturated carbocycles. The number of nitrogens with two attached hydrogens (primary N) is 1. The molecule has 1 aromatic carbocycles. The van der Waals surface area contributed by atoms with Crippen LogP contribution in [0.3, 0.4) is 0 Å². The van der Waals surface area contributed by atoms with Crippen molar-refractivity contribution in [1.29, 1.82) is 10.5 Å². The maximum Gasteiger partial charge on any atom is 0.460 e. The summed E-state index contributed by atoms with van der Waals surface area (Å²) in [6.07, 6.45) is -12.7. The molecule has 3 N–H and O–H groups in total. The van der Waals surface area contributed by atoms with Gasteiger partial charge >= 0.3 is 24.2 Å². The second-order valence-electron chi connectivity index (χ2n) is 6.12. The van der Waals surface area contributed by atoms with Crippen LogP contribution in [0.5, 0.6) is 0 Å². The highest BCUT2D eigenvalue weighted by atomic mass is 19.4. The van der Waals surface area contributed by atoms with Gasteiger partial charge in [-0.2, -0.15) is 54.4 Å². The van der Waals surface area contributed by atoms with Crippen molar-refractivity contribution in [2.75, 3.05) is 5.73 Å². The van der Waals surface area contributed by atoms with Crippen LogP contribution < -0.4 is 11.3 Å². The lowest BCUT2D eigenvalue weighted by Crippen LogP contribution is -2.50.